The van der Waals surface area contributed by atoms with Crippen LogP contribution < -0.4 is 5.32 Å². The Bertz CT molecular complexity index is 1560. The molecule has 0 saturated heterocycles. The summed E-state index contributed by atoms with van der Waals surface area (Å²) in [6.07, 6.45) is 16.3. The van der Waals surface area contributed by atoms with E-state index in [1.54, 1.807) is 42.0 Å². The zero-order chi connectivity index (χ0) is 30.1. The second-order valence-electron chi connectivity index (χ2n) is 11.1. The minimum atomic E-state index is -0.474. The summed E-state index contributed by atoms with van der Waals surface area (Å²) in [6.45, 7) is 8.74. The maximum atomic E-state index is 12.1. The van der Waals surface area contributed by atoms with Gasteiger partial charge in [-0.05, 0) is 87.7 Å². The molecule has 44 heavy (non-hydrogen) atoms. The molecule has 2 aliphatic rings. The van der Waals surface area contributed by atoms with Crippen LogP contribution in [0.15, 0.2) is 85.7 Å². The van der Waals surface area contributed by atoms with Crippen LogP contribution in [0.25, 0.3) is 33.9 Å². The van der Waals surface area contributed by atoms with Crippen molar-refractivity contribution in [2.24, 2.45) is 0 Å². The number of carbonyl (C=O) groups is 1. The number of amides is 1. The van der Waals surface area contributed by atoms with Crippen molar-refractivity contribution >= 4 is 29.6 Å². The van der Waals surface area contributed by atoms with Gasteiger partial charge < -0.3 is 15.0 Å². The van der Waals surface area contributed by atoms with Crippen molar-refractivity contribution in [1.82, 2.24) is 40.1 Å². The molecule has 4 aromatic heterocycles. The lowest BCUT2D eigenvalue weighted by molar-refractivity contribution is 0.0270. The summed E-state index contributed by atoms with van der Waals surface area (Å²) in [5, 5.41) is 3.30. The van der Waals surface area contributed by atoms with Crippen molar-refractivity contribution in [3.63, 3.8) is 0 Å². The second kappa shape index (κ2) is 15.3. The average Bonchev–Trinajstić information content (AvgIpc) is 3.06. The van der Waals surface area contributed by atoms with Crippen LogP contribution in [0.5, 0.6) is 0 Å². The maximum absolute atomic E-state index is 12.1. The number of aromatic nitrogens is 6. The lowest BCUT2D eigenvalue weighted by Crippen LogP contribution is -2.39. The van der Waals surface area contributed by atoms with Gasteiger partial charge >= 0.3 is 6.09 Å². The Morgan fingerprint density at radius 1 is 0.773 bits per heavy atom. The van der Waals surface area contributed by atoms with Crippen LogP contribution >= 0.6 is 12.4 Å². The second-order valence-corrected chi connectivity index (χ2v) is 11.1. The maximum Gasteiger partial charge on any atom is 0.410 e. The lowest BCUT2D eigenvalue weighted by Gasteiger charge is -2.29. The molecule has 4 aromatic rings. The first-order valence-corrected chi connectivity index (χ1v) is 14.4. The van der Waals surface area contributed by atoms with Crippen molar-refractivity contribution in [1.29, 1.82) is 0 Å². The average molecular weight is 613 g/mol. The van der Waals surface area contributed by atoms with Crippen LogP contribution in [0, 0.1) is 0 Å². The number of ether oxygens (including phenoxy) is 1. The number of rotatable bonds is 4. The molecule has 0 unspecified atom stereocenters. The molecule has 11 heteroatoms. The summed E-state index contributed by atoms with van der Waals surface area (Å²) in [5.74, 6) is 1.38. The van der Waals surface area contributed by atoms with E-state index < -0.39 is 5.60 Å². The number of pyridine rings is 2. The van der Waals surface area contributed by atoms with Crippen LogP contribution in [0.3, 0.4) is 0 Å². The van der Waals surface area contributed by atoms with Gasteiger partial charge in [-0.2, -0.15) is 0 Å². The summed E-state index contributed by atoms with van der Waals surface area (Å²) < 4.78 is 5.41. The Hall–Kier alpha value is -4.54. The normalized spacial score (nSPS) is 14.7. The van der Waals surface area contributed by atoms with E-state index in [0.717, 1.165) is 59.8 Å². The van der Waals surface area contributed by atoms with E-state index in [0.29, 0.717) is 18.9 Å². The fourth-order valence-electron chi connectivity index (χ4n) is 4.58. The molecular weight excluding hydrogens is 576 g/mol. The van der Waals surface area contributed by atoms with E-state index in [-0.39, 0.29) is 18.5 Å². The molecule has 0 radical (unpaired) electrons. The summed E-state index contributed by atoms with van der Waals surface area (Å²) in [6, 6.07) is 11.6. The number of hydrogen-bond donors (Lipinski definition) is 1. The molecule has 0 atom stereocenters. The van der Waals surface area contributed by atoms with Gasteiger partial charge in [0.15, 0.2) is 11.6 Å². The largest absolute Gasteiger partial charge is 0.444 e. The van der Waals surface area contributed by atoms with Gasteiger partial charge in [-0.3, -0.25) is 9.97 Å². The molecule has 10 nitrogen and oxygen atoms in total. The van der Waals surface area contributed by atoms with Gasteiger partial charge in [0.05, 0.1) is 11.4 Å². The lowest BCUT2D eigenvalue weighted by atomic mass is 10.0. The van der Waals surface area contributed by atoms with Gasteiger partial charge in [0.2, 0.25) is 0 Å². The predicted octanol–water partition coefficient (Wildman–Crippen LogP) is 5.90. The Labute approximate surface area is 264 Å². The molecule has 6 heterocycles. The van der Waals surface area contributed by atoms with E-state index in [4.69, 9.17) is 4.74 Å². The molecular formula is C33H37ClN8O2. The molecule has 0 bridgehead atoms. The molecule has 0 spiro atoms. The Kier molecular flexibility index (Phi) is 11.2. The minimum absolute atomic E-state index is 0. The number of nitrogens with zero attached hydrogens (tertiary/aromatic N) is 7. The third-order valence-corrected chi connectivity index (χ3v) is 6.76. The van der Waals surface area contributed by atoms with Crippen LogP contribution in [0.2, 0.25) is 0 Å². The highest BCUT2D eigenvalue weighted by Gasteiger charge is 2.24. The van der Waals surface area contributed by atoms with Crippen LogP contribution in [0.1, 0.15) is 45.0 Å². The fraction of sp³-hybridized carbons (Fsp3) is 0.303. The van der Waals surface area contributed by atoms with Crippen molar-refractivity contribution in [3.05, 3.63) is 97.1 Å². The van der Waals surface area contributed by atoms with Crippen LogP contribution in [-0.4, -0.2) is 72.7 Å². The molecule has 228 valence electrons. The first-order chi connectivity index (χ1) is 20.9. The number of hydrogen-bond acceptors (Lipinski definition) is 9. The summed E-state index contributed by atoms with van der Waals surface area (Å²) >= 11 is 0. The predicted molar refractivity (Wildman–Crippen MR) is 174 cm³/mol. The Morgan fingerprint density at radius 3 is 1.73 bits per heavy atom. The van der Waals surface area contributed by atoms with Gasteiger partial charge in [-0.1, -0.05) is 12.2 Å². The minimum Gasteiger partial charge on any atom is -0.444 e. The first kappa shape index (κ1) is 32.4. The molecule has 0 aromatic carbocycles. The van der Waals surface area contributed by atoms with Crippen LogP contribution in [0.4, 0.5) is 4.79 Å². The van der Waals surface area contributed by atoms with Gasteiger partial charge in [0, 0.05) is 67.9 Å². The molecule has 0 saturated carbocycles. The van der Waals surface area contributed by atoms with Gasteiger partial charge in [0.1, 0.15) is 5.60 Å². The highest BCUT2D eigenvalue weighted by atomic mass is 35.5. The SMILES string of the molecule is C1=C(c2ccc(-c3ncccn3)cn2)CCNC1.CC(C)(C)OC(=O)N1CC=C(c2ccc(-c3ncccn3)cn2)CC1.Cl. The number of halogens is 1. The third-order valence-electron chi connectivity index (χ3n) is 6.76. The van der Waals surface area contributed by atoms with E-state index in [9.17, 15) is 4.79 Å². The third kappa shape index (κ3) is 8.98. The van der Waals surface area contributed by atoms with E-state index in [2.05, 4.69) is 41.3 Å². The Morgan fingerprint density at radius 2 is 1.32 bits per heavy atom. The topological polar surface area (TPSA) is 119 Å². The van der Waals surface area contributed by atoms with Crippen molar-refractivity contribution < 1.29 is 9.53 Å². The molecule has 6 rings (SSSR count). The zero-order valence-electron chi connectivity index (χ0n) is 25.2. The quantitative estimate of drug-likeness (QED) is 0.300. The Balaban J connectivity index is 0.000000206. The first-order valence-electron chi connectivity index (χ1n) is 14.4. The highest BCUT2D eigenvalue weighted by Crippen LogP contribution is 2.24. The zero-order valence-corrected chi connectivity index (χ0v) is 26.0. The number of carbonyl (C=O) groups excluding carboxylic acids is 1. The summed E-state index contributed by atoms with van der Waals surface area (Å²) in [4.78, 5) is 39.7. The summed E-state index contributed by atoms with van der Waals surface area (Å²) in [7, 11) is 0. The smallest absolute Gasteiger partial charge is 0.410 e. The van der Waals surface area contributed by atoms with Crippen LogP contribution in [-0.2, 0) is 4.74 Å². The monoisotopic (exact) mass is 612 g/mol. The molecule has 0 aliphatic carbocycles. The fourth-order valence-corrected chi connectivity index (χ4v) is 4.58. The molecule has 1 N–H and O–H groups in total. The molecule has 1 amide bonds. The van der Waals surface area contributed by atoms with Gasteiger partial charge in [0.25, 0.3) is 0 Å². The molecule has 2 aliphatic heterocycles. The number of nitrogens with one attached hydrogen (secondary N) is 1. The van der Waals surface area contributed by atoms with Crippen molar-refractivity contribution in [2.45, 2.75) is 39.2 Å². The van der Waals surface area contributed by atoms with E-state index >= 15 is 0 Å². The molecule has 0 fully saturated rings. The summed E-state index contributed by atoms with van der Waals surface area (Å²) in [5.41, 5.74) is 5.79. The van der Waals surface area contributed by atoms with Gasteiger partial charge in [-0.15, -0.1) is 12.4 Å². The van der Waals surface area contributed by atoms with E-state index in [1.165, 1.54) is 5.57 Å². The highest BCUT2D eigenvalue weighted by molar-refractivity contribution is 5.85. The van der Waals surface area contributed by atoms with Gasteiger partial charge in [-0.25, -0.2) is 24.7 Å². The van der Waals surface area contributed by atoms with Crippen molar-refractivity contribution in [2.75, 3.05) is 26.2 Å². The van der Waals surface area contributed by atoms with E-state index in [1.807, 2.05) is 63.4 Å². The standard InChI is InChI=1S/C19H22N4O2.C14H14N4.ClH/c1-19(2,3)25-18(24)23-11-7-14(8-12-23)16-6-5-15(13-22-16)17-20-9-4-10-21-17;1-6-16-14(17-7-1)12-2-3-13(18-10-12)11-4-8-15-9-5-11;/h4-7,9-10,13H,8,11-12H2,1-3H3;1-4,6-7,10,15H,5,8-9H2;1H. The van der Waals surface area contributed by atoms with Crippen molar-refractivity contribution in [3.8, 4) is 22.8 Å².